The van der Waals surface area contributed by atoms with Gasteiger partial charge in [-0.15, -0.1) is 0 Å². The van der Waals surface area contributed by atoms with Crippen LogP contribution in [0, 0.1) is 0 Å². The molecule has 0 aromatic heterocycles. The molecule has 0 aliphatic carbocycles. The third kappa shape index (κ3) is 7.72. The first-order valence-corrected chi connectivity index (χ1v) is 4.41. The minimum absolute atomic E-state index is 0. The van der Waals surface area contributed by atoms with Gasteiger partial charge in [0.25, 0.3) is 0 Å². The summed E-state index contributed by atoms with van der Waals surface area (Å²) in [6.45, 7) is 1.34. The first-order valence-electron chi connectivity index (χ1n) is 4.00. The summed E-state index contributed by atoms with van der Waals surface area (Å²) in [6, 6.07) is 0. The van der Waals surface area contributed by atoms with Gasteiger partial charge in [-0.2, -0.15) is 0 Å². The zero-order valence-corrected chi connectivity index (χ0v) is 12.3. The molecule has 0 saturated heterocycles. The molecule has 80 valence electrons. The van der Waals surface area contributed by atoms with Crippen LogP contribution in [0.15, 0.2) is 0 Å². The predicted molar refractivity (Wildman–Crippen MR) is 53.5 cm³/mol. The largest absolute Gasteiger partial charge is 1.00 e. The second-order valence-electron chi connectivity index (χ2n) is 3.07. The number of hydrogen-bond donors (Lipinski definition) is 0. The normalized spacial score (nSPS) is 8.73. The average Bonchev–Trinajstić information content (AvgIpc) is 2.00. The molecule has 0 aromatic rings. The molecule has 0 aliphatic rings. The van der Waals surface area contributed by atoms with E-state index in [1.807, 2.05) is 0 Å². The van der Waals surface area contributed by atoms with Crippen LogP contribution in [0.4, 0.5) is 0 Å². The fraction of sp³-hybridized carbons (Fsp3) is 0.625. The minimum atomic E-state index is -1.20. The SMILES string of the molecule is CC(=O)CN(C)C(=S)N(C)CC(=O)[O-].[Na+]. The number of rotatable bonds is 4. The van der Waals surface area contributed by atoms with Crippen molar-refractivity contribution in [2.75, 3.05) is 27.2 Å². The molecule has 0 aromatic carbocycles. The molecule has 0 aliphatic heterocycles. The van der Waals surface area contributed by atoms with E-state index >= 15 is 0 Å². The average molecular weight is 240 g/mol. The van der Waals surface area contributed by atoms with Gasteiger partial charge in [-0.3, -0.25) is 4.79 Å². The van der Waals surface area contributed by atoms with Crippen molar-refractivity contribution in [3.8, 4) is 0 Å². The summed E-state index contributed by atoms with van der Waals surface area (Å²) in [7, 11) is 3.17. The Morgan fingerprint density at radius 1 is 1.20 bits per heavy atom. The van der Waals surface area contributed by atoms with Gasteiger partial charge in [-0.25, -0.2) is 0 Å². The second-order valence-corrected chi connectivity index (χ2v) is 3.43. The Labute approximate surface area is 117 Å². The topological polar surface area (TPSA) is 63.7 Å². The van der Waals surface area contributed by atoms with Gasteiger partial charge in [0.2, 0.25) is 0 Å². The first kappa shape index (κ1) is 17.2. The van der Waals surface area contributed by atoms with E-state index in [2.05, 4.69) is 0 Å². The Hall–Kier alpha value is -0.170. The Kier molecular flexibility index (Phi) is 9.23. The van der Waals surface area contributed by atoms with Crippen molar-refractivity contribution < 1.29 is 44.3 Å². The molecule has 0 saturated carbocycles. The van der Waals surface area contributed by atoms with E-state index in [9.17, 15) is 14.7 Å². The summed E-state index contributed by atoms with van der Waals surface area (Å²) in [5.41, 5.74) is 0. The summed E-state index contributed by atoms with van der Waals surface area (Å²) in [5.74, 6) is -1.23. The van der Waals surface area contributed by atoms with E-state index in [0.29, 0.717) is 5.11 Å². The van der Waals surface area contributed by atoms with Gasteiger partial charge in [0, 0.05) is 14.1 Å². The smallest absolute Gasteiger partial charge is 0.548 e. The van der Waals surface area contributed by atoms with E-state index in [0.717, 1.165) is 0 Å². The van der Waals surface area contributed by atoms with Crippen LogP contribution in [0.25, 0.3) is 0 Å². The Morgan fingerprint density at radius 3 is 1.93 bits per heavy atom. The van der Waals surface area contributed by atoms with Crippen LogP contribution in [-0.4, -0.2) is 53.8 Å². The van der Waals surface area contributed by atoms with Gasteiger partial charge < -0.3 is 19.7 Å². The molecular formula is C8H13N2NaO3S. The summed E-state index contributed by atoms with van der Waals surface area (Å²) >= 11 is 4.94. The number of aliphatic carboxylic acids is 1. The number of nitrogens with zero attached hydrogens (tertiary/aromatic N) is 2. The maximum absolute atomic E-state index is 10.8. The summed E-state index contributed by atoms with van der Waals surface area (Å²) in [6.07, 6.45) is 0. The van der Waals surface area contributed by atoms with Crippen LogP contribution in [0.2, 0.25) is 0 Å². The van der Waals surface area contributed by atoms with Crippen molar-refractivity contribution in [1.82, 2.24) is 9.80 Å². The fourth-order valence-electron chi connectivity index (χ4n) is 0.954. The molecule has 15 heavy (non-hydrogen) atoms. The molecule has 7 heteroatoms. The van der Waals surface area contributed by atoms with Crippen LogP contribution >= 0.6 is 12.2 Å². The van der Waals surface area contributed by atoms with Crippen molar-refractivity contribution >= 4 is 29.1 Å². The van der Waals surface area contributed by atoms with E-state index < -0.39 is 5.97 Å². The van der Waals surface area contributed by atoms with Crippen molar-refractivity contribution in [2.45, 2.75) is 6.92 Å². The van der Waals surface area contributed by atoms with E-state index in [1.54, 1.807) is 7.05 Å². The summed E-state index contributed by atoms with van der Waals surface area (Å²) < 4.78 is 0. The number of carbonyl (C=O) groups is 2. The van der Waals surface area contributed by atoms with Gasteiger partial charge >= 0.3 is 29.6 Å². The molecule has 0 bridgehead atoms. The third-order valence-electron chi connectivity index (χ3n) is 1.48. The van der Waals surface area contributed by atoms with Gasteiger partial charge in [0.05, 0.1) is 19.1 Å². The fourth-order valence-corrected chi connectivity index (χ4v) is 1.08. The van der Waals surface area contributed by atoms with Crippen LogP contribution in [-0.2, 0) is 9.59 Å². The number of carboxylic acids is 1. The number of likely N-dealkylation sites (N-methyl/N-ethyl adjacent to an activating group) is 2. The molecule has 0 spiro atoms. The Balaban J connectivity index is 0. The maximum atomic E-state index is 10.8. The predicted octanol–water partition coefficient (Wildman–Crippen LogP) is -4.52. The number of Topliss-reactive ketones (excluding diaryl/α,β-unsaturated/α-hetero) is 1. The molecule has 0 radical (unpaired) electrons. The maximum Gasteiger partial charge on any atom is 1.00 e. The number of ketones is 1. The van der Waals surface area contributed by atoms with Gasteiger partial charge in [-0.1, -0.05) is 0 Å². The van der Waals surface area contributed by atoms with E-state index in [1.165, 1.54) is 23.8 Å². The quantitative estimate of drug-likeness (QED) is 0.364. The number of carboxylic acid groups (broad SMARTS) is 1. The molecule has 0 heterocycles. The van der Waals surface area contributed by atoms with Gasteiger partial charge in [0.1, 0.15) is 5.78 Å². The van der Waals surface area contributed by atoms with Crippen LogP contribution < -0.4 is 34.7 Å². The van der Waals surface area contributed by atoms with Crippen molar-refractivity contribution in [2.24, 2.45) is 0 Å². The Bertz CT molecular complexity index is 236. The van der Waals surface area contributed by atoms with Gasteiger partial charge in [0.15, 0.2) is 5.11 Å². The standard InChI is InChI=1S/C8H14N2O3S.Na/c1-6(11)4-9(2)8(14)10(3)5-7(12)13;/h4-5H2,1-3H3,(H,12,13);/q;+1/p-1. The van der Waals surface area contributed by atoms with Crippen LogP contribution in [0.5, 0.6) is 0 Å². The molecule has 0 atom stereocenters. The zero-order valence-electron chi connectivity index (χ0n) is 9.44. The molecule has 0 fully saturated rings. The first-order chi connectivity index (χ1) is 6.34. The number of hydrogen-bond acceptors (Lipinski definition) is 4. The number of carbonyl (C=O) groups excluding carboxylic acids is 2. The Morgan fingerprint density at radius 2 is 1.60 bits per heavy atom. The molecule has 0 rings (SSSR count). The molecule has 0 N–H and O–H groups in total. The minimum Gasteiger partial charge on any atom is -0.548 e. The molecule has 5 nitrogen and oxygen atoms in total. The van der Waals surface area contributed by atoms with Crippen molar-refractivity contribution in [1.29, 1.82) is 0 Å². The third-order valence-corrected chi connectivity index (χ3v) is 2.10. The summed E-state index contributed by atoms with van der Waals surface area (Å²) in [4.78, 5) is 23.9. The van der Waals surface area contributed by atoms with Crippen LogP contribution in [0.3, 0.4) is 0 Å². The van der Waals surface area contributed by atoms with E-state index in [-0.39, 0.29) is 48.4 Å². The van der Waals surface area contributed by atoms with Crippen LogP contribution in [0.1, 0.15) is 6.92 Å². The number of thiocarbonyl (C=S) groups is 1. The van der Waals surface area contributed by atoms with Crippen molar-refractivity contribution in [3.63, 3.8) is 0 Å². The molecule has 0 amide bonds. The molecular weight excluding hydrogens is 227 g/mol. The van der Waals surface area contributed by atoms with E-state index in [4.69, 9.17) is 12.2 Å². The second kappa shape index (κ2) is 8.04. The zero-order chi connectivity index (χ0) is 11.3. The monoisotopic (exact) mass is 240 g/mol. The summed E-state index contributed by atoms with van der Waals surface area (Å²) in [5, 5.41) is 10.6. The molecule has 0 unspecified atom stereocenters. The van der Waals surface area contributed by atoms with Gasteiger partial charge in [-0.05, 0) is 19.1 Å². The van der Waals surface area contributed by atoms with Crippen molar-refractivity contribution in [3.05, 3.63) is 0 Å².